The van der Waals surface area contributed by atoms with Crippen LogP contribution in [0.15, 0.2) is 97.4 Å². The number of unbranched alkanes of at least 4 members (excludes halogenated alkanes) is 4. The molecule has 0 atom stereocenters. The highest BCUT2D eigenvalue weighted by molar-refractivity contribution is 5.82. The Morgan fingerprint density at radius 3 is 1.10 bits per heavy atom. The third-order valence-corrected chi connectivity index (χ3v) is 8.55. The molecule has 0 aliphatic carbocycles. The second-order valence-electron chi connectivity index (χ2n) is 12.4. The standard InChI is InChI=1S/C44H60N2O2/c1-7-11-29-45(30-12-8-2)33-17-15-19-37-21-25-39(26-22-37)41-35-44(48-6)42(36-43(41)47-5)40-27-23-38(24-28-40)20-16-18-34-46(31-13-9-3)32-14-10-4/h15-28,33-36H,7-14,29-32H2,1-6H3/b19-15+,20-16+,33-17+,34-18+. The Balaban J connectivity index is 1.72. The van der Waals surface area contributed by atoms with Gasteiger partial charge in [0.2, 0.25) is 0 Å². The predicted octanol–water partition coefficient (Wildman–Crippen LogP) is 11.9. The molecule has 0 aromatic heterocycles. The Labute approximate surface area is 292 Å². The third-order valence-electron chi connectivity index (χ3n) is 8.55. The molecule has 0 saturated heterocycles. The van der Waals surface area contributed by atoms with Crippen molar-refractivity contribution in [1.82, 2.24) is 9.80 Å². The van der Waals surface area contributed by atoms with Gasteiger partial charge in [0.05, 0.1) is 14.2 Å². The van der Waals surface area contributed by atoms with Crippen molar-refractivity contribution in [3.05, 3.63) is 108 Å². The number of rotatable bonds is 22. The lowest BCUT2D eigenvalue weighted by Crippen LogP contribution is -2.19. The fraction of sp³-hybridized carbons (Fsp3) is 0.409. The maximum atomic E-state index is 5.90. The summed E-state index contributed by atoms with van der Waals surface area (Å²) in [6, 6.07) is 21.4. The zero-order chi connectivity index (χ0) is 34.4. The van der Waals surface area contributed by atoms with E-state index in [2.05, 4.69) is 147 Å². The van der Waals surface area contributed by atoms with E-state index in [-0.39, 0.29) is 0 Å². The summed E-state index contributed by atoms with van der Waals surface area (Å²) in [5.41, 5.74) is 6.52. The molecule has 0 saturated carbocycles. The van der Waals surface area contributed by atoms with Crippen molar-refractivity contribution < 1.29 is 9.47 Å². The van der Waals surface area contributed by atoms with Gasteiger partial charge in [-0.05, 0) is 84.6 Å². The monoisotopic (exact) mass is 648 g/mol. The summed E-state index contributed by atoms with van der Waals surface area (Å²) in [5, 5.41) is 0. The molecule has 3 aromatic carbocycles. The zero-order valence-electron chi connectivity index (χ0n) is 30.6. The zero-order valence-corrected chi connectivity index (χ0v) is 30.6. The van der Waals surface area contributed by atoms with E-state index in [9.17, 15) is 0 Å². The molecule has 0 heterocycles. The molecular formula is C44H60N2O2. The minimum absolute atomic E-state index is 0.820. The molecule has 3 aromatic rings. The van der Waals surface area contributed by atoms with Crippen LogP contribution in [0.1, 0.15) is 90.2 Å². The lowest BCUT2D eigenvalue weighted by Gasteiger charge is -2.19. The third kappa shape index (κ3) is 12.8. The van der Waals surface area contributed by atoms with Crippen molar-refractivity contribution in [2.24, 2.45) is 0 Å². The first-order chi connectivity index (χ1) is 23.6. The first kappa shape index (κ1) is 38.3. The Morgan fingerprint density at radius 1 is 0.479 bits per heavy atom. The second kappa shape index (κ2) is 22.4. The van der Waals surface area contributed by atoms with Crippen LogP contribution in [-0.2, 0) is 0 Å². The molecule has 3 rings (SSSR count). The maximum Gasteiger partial charge on any atom is 0.127 e. The van der Waals surface area contributed by atoms with E-state index < -0.39 is 0 Å². The number of allylic oxidation sites excluding steroid dienone is 4. The lowest BCUT2D eigenvalue weighted by atomic mass is 9.96. The molecule has 0 N–H and O–H groups in total. The molecule has 0 spiro atoms. The highest BCUT2D eigenvalue weighted by Crippen LogP contribution is 2.41. The summed E-state index contributed by atoms with van der Waals surface area (Å²) in [6.45, 7) is 13.5. The van der Waals surface area contributed by atoms with E-state index in [4.69, 9.17) is 9.47 Å². The predicted molar refractivity (Wildman–Crippen MR) is 210 cm³/mol. The van der Waals surface area contributed by atoms with Gasteiger partial charge < -0.3 is 19.3 Å². The molecular weight excluding hydrogens is 588 g/mol. The number of hydrogen-bond acceptors (Lipinski definition) is 4. The van der Waals surface area contributed by atoms with Gasteiger partial charge in [-0.15, -0.1) is 0 Å². The van der Waals surface area contributed by atoms with E-state index >= 15 is 0 Å². The van der Waals surface area contributed by atoms with Crippen LogP contribution in [0.3, 0.4) is 0 Å². The highest BCUT2D eigenvalue weighted by Gasteiger charge is 2.14. The molecule has 0 bridgehead atoms. The Hall–Kier alpha value is -4.18. The van der Waals surface area contributed by atoms with Crippen LogP contribution in [0.2, 0.25) is 0 Å². The van der Waals surface area contributed by atoms with Gasteiger partial charge in [0, 0.05) is 37.3 Å². The quantitative estimate of drug-likeness (QED) is 0.101. The fourth-order valence-electron chi connectivity index (χ4n) is 5.54. The van der Waals surface area contributed by atoms with E-state index in [0.29, 0.717) is 0 Å². The number of ether oxygens (including phenoxy) is 2. The molecule has 0 amide bonds. The van der Waals surface area contributed by atoms with Crippen LogP contribution in [0.5, 0.6) is 11.5 Å². The minimum atomic E-state index is 0.820. The number of nitrogens with zero attached hydrogens (tertiary/aromatic N) is 2. The average molecular weight is 649 g/mol. The summed E-state index contributed by atoms with van der Waals surface area (Å²) in [4.78, 5) is 4.87. The van der Waals surface area contributed by atoms with Crippen molar-refractivity contribution in [1.29, 1.82) is 0 Å². The van der Waals surface area contributed by atoms with E-state index in [1.165, 1.54) is 51.4 Å². The molecule has 0 aliphatic heterocycles. The van der Waals surface area contributed by atoms with Crippen molar-refractivity contribution in [3.8, 4) is 33.8 Å². The van der Waals surface area contributed by atoms with Gasteiger partial charge >= 0.3 is 0 Å². The van der Waals surface area contributed by atoms with Crippen LogP contribution in [0.25, 0.3) is 34.4 Å². The molecule has 4 nitrogen and oxygen atoms in total. The van der Waals surface area contributed by atoms with E-state index in [1.807, 2.05) is 0 Å². The van der Waals surface area contributed by atoms with Gasteiger partial charge in [-0.2, -0.15) is 0 Å². The number of hydrogen-bond donors (Lipinski definition) is 0. The van der Waals surface area contributed by atoms with Crippen LogP contribution < -0.4 is 9.47 Å². The Bertz CT molecular complexity index is 1310. The molecule has 48 heavy (non-hydrogen) atoms. The number of methoxy groups -OCH3 is 2. The number of benzene rings is 3. The maximum absolute atomic E-state index is 5.90. The van der Waals surface area contributed by atoms with Crippen LogP contribution in [-0.4, -0.2) is 50.2 Å². The van der Waals surface area contributed by atoms with Gasteiger partial charge in [0.25, 0.3) is 0 Å². The molecule has 4 heteroatoms. The van der Waals surface area contributed by atoms with E-state index in [1.54, 1.807) is 14.2 Å². The Morgan fingerprint density at radius 2 is 0.812 bits per heavy atom. The minimum Gasteiger partial charge on any atom is -0.496 e. The highest BCUT2D eigenvalue weighted by atomic mass is 16.5. The van der Waals surface area contributed by atoms with Crippen LogP contribution >= 0.6 is 0 Å². The smallest absolute Gasteiger partial charge is 0.127 e. The molecule has 258 valence electrons. The first-order valence-corrected chi connectivity index (χ1v) is 18.2. The summed E-state index contributed by atoms with van der Waals surface area (Å²) in [5.74, 6) is 1.64. The van der Waals surface area contributed by atoms with Gasteiger partial charge in [-0.3, -0.25) is 0 Å². The molecule has 0 radical (unpaired) electrons. The lowest BCUT2D eigenvalue weighted by molar-refractivity contribution is 0.360. The summed E-state index contributed by atoms with van der Waals surface area (Å²) >= 11 is 0. The average Bonchev–Trinajstić information content (AvgIpc) is 3.13. The summed E-state index contributed by atoms with van der Waals surface area (Å²) in [7, 11) is 3.46. The molecule has 0 fully saturated rings. The van der Waals surface area contributed by atoms with Gasteiger partial charge in [-0.25, -0.2) is 0 Å². The normalized spacial score (nSPS) is 11.8. The van der Waals surface area contributed by atoms with Gasteiger partial charge in [0.1, 0.15) is 11.5 Å². The van der Waals surface area contributed by atoms with Crippen molar-refractivity contribution in [2.45, 2.75) is 79.1 Å². The van der Waals surface area contributed by atoms with Crippen molar-refractivity contribution >= 4 is 12.2 Å². The molecule has 0 aliphatic rings. The van der Waals surface area contributed by atoms with Crippen LogP contribution in [0.4, 0.5) is 0 Å². The fourth-order valence-corrected chi connectivity index (χ4v) is 5.54. The van der Waals surface area contributed by atoms with Crippen molar-refractivity contribution in [3.63, 3.8) is 0 Å². The topological polar surface area (TPSA) is 24.9 Å². The van der Waals surface area contributed by atoms with Crippen LogP contribution in [0, 0.1) is 0 Å². The Kier molecular flexibility index (Phi) is 17.9. The van der Waals surface area contributed by atoms with Crippen molar-refractivity contribution in [2.75, 3.05) is 40.4 Å². The van der Waals surface area contributed by atoms with Gasteiger partial charge in [-0.1, -0.05) is 126 Å². The summed E-state index contributed by atoms with van der Waals surface area (Å²) < 4.78 is 11.8. The molecule has 0 unspecified atom stereocenters. The summed E-state index contributed by atoms with van der Waals surface area (Å²) in [6.07, 6.45) is 27.2. The van der Waals surface area contributed by atoms with Gasteiger partial charge in [0.15, 0.2) is 0 Å². The van der Waals surface area contributed by atoms with E-state index in [0.717, 1.165) is 71.1 Å². The first-order valence-electron chi connectivity index (χ1n) is 18.2. The largest absolute Gasteiger partial charge is 0.496 e. The SMILES string of the molecule is CCCCN(/C=C/C=C/c1ccc(-c2cc(OC)c(-c3ccc(/C=C/C=C/N(CCCC)CCCC)cc3)cc2OC)cc1)CCCC. The second-order valence-corrected chi connectivity index (χ2v) is 12.4.